The second-order valence-electron chi connectivity index (χ2n) is 4.86. The molecule has 0 bridgehead atoms. The second-order valence-corrected chi connectivity index (χ2v) is 4.86. The Bertz CT molecular complexity index is 470. The number of hydrogen-bond donors (Lipinski definition) is 1. The topological polar surface area (TPSA) is 64.8 Å². The van der Waals surface area contributed by atoms with Crippen LogP contribution in [0.4, 0.5) is 5.69 Å². The Morgan fingerprint density at radius 1 is 1.32 bits per heavy atom. The van der Waals surface area contributed by atoms with E-state index in [1.807, 2.05) is 0 Å². The van der Waals surface area contributed by atoms with E-state index < -0.39 is 0 Å². The molecule has 5 heteroatoms. The van der Waals surface area contributed by atoms with E-state index >= 15 is 0 Å². The maximum absolute atomic E-state index is 12.3. The molecule has 1 saturated carbocycles. The Labute approximate surface area is 113 Å². The summed E-state index contributed by atoms with van der Waals surface area (Å²) in [6.45, 7) is 0. The highest BCUT2D eigenvalue weighted by Crippen LogP contribution is 2.35. The van der Waals surface area contributed by atoms with Crippen LogP contribution in [0.25, 0.3) is 0 Å². The summed E-state index contributed by atoms with van der Waals surface area (Å²) in [5.74, 6) is 1.45. The first-order valence-electron chi connectivity index (χ1n) is 6.32. The number of benzene rings is 1. The lowest BCUT2D eigenvalue weighted by molar-refractivity contribution is -0.124. The van der Waals surface area contributed by atoms with Crippen LogP contribution in [-0.4, -0.2) is 33.2 Å². The van der Waals surface area contributed by atoms with Gasteiger partial charge in [-0.15, -0.1) is 0 Å². The molecular weight excluding hydrogens is 244 g/mol. The van der Waals surface area contributed by atoms with Crippen molar-refractivity contribution in [2.75, 3.05) is 26.2 Å². The van der Waals surface area contributed by atoms with Crippen LogP contribution in [0, 0.1) is 5.92 Å². The summed E-state index contributed by atoms with van der Waals surface area (Å²) in [5, 5.41) is 0. The number of anilines is 1. The third-order valence-electron chi connectivity index (χ3n) is 3.60. The van der Waals surface area contributed by atoms with Crippen molar-refractivity contribution in [1.29, 1.82) is 0 Å². The van der Waals surface area contributed by atoms with Crippen LogP contribution in [0.5, 0.6) is 11.5 Å². The van der Waals surface area contributed by atoms with Crippen LogP contribution in [0.1, 0.15) is 12.8 Å². The minimum absolute atomic E-state index is 0.0240. The molecule has 0 unspecified atom stereocenters. The van der Waals surface area contributed by atoms with E-state index in [9.17, 15) is 4.79 Å². The summed E-state index contributed by atoms with van der Waals surface area (Å²) >= 11 is 0. The van der Waals surface area contributed by atoms with Crippen molar-refractivity contribution < 1.29 is 14.3 Å². The standard InChI is InChI=1S/C14H20N2O3/c1-16(14(17)9-6-10(15)7-9)12-8-11(18-2)4-5-13(12)19-3/h4-5,8-10H,6-7,15H2,1-3H3. The van der Waals surface area contributed by atoms with Crippen LogP contribution in [0.2, 0.25) is 0 Å². The molecule has 104 valence electrons. The lowest BCUT2D eigenvalue weighted by Crippen LogP contribution is -2.45. The summed E-state index contributed by atoms with van der Waals surface area (Å²) in [4.78, 5) is 13.9. The van der Waals surface area contributed by atoms with E-state index in [0.717, 1.165) is 12.8 Å². The SMILES string of the molecule is COc1ccc(OC)c(N(C)C(=O)C2CC(N)C2)c1. The number of carbonyl (C=O) groups is 1. The number of carbonyl (C=O) groups excluding carboxylic acids is 1. The first kappa shape index (κ1) is 13.7. The molecule has 0 spiro atoms. The van der Waals surface area contributed by atoms with E-state index in [-0.39, 0.29) is 17.9 Å². The largest absolute Gasteiger partial charge is 0.497 e. The zero-order valence-electron chi connectivity index (χ0n) is 11.6. The first-order valence-corrected chi connectivity index (χ1v) is 6.32. The van der Waals surface area contributed by atoms with Gasteiger partial charge < -0.3 is 20.1 Å². The van der Waals surface area contributed by atoms with Crippen molar-refractivity contribution in [3.05, 3.63) is 18.2 Å². The molecule has 0 atom stereocenters. The molecule has 1 aliphatic rings. The van der Waals surface area contributed by atoms with Crippen molar-refractivity contribution >= 4 is 11.6 Å². The molecule has 2 N–H and O–H groups in total. The molecule has 0 aliphatic heterocycles. The molecule has 19 heavy (non-hydrogen) atoms. The Balaban J connectivity index is 2.21. The van der Waals surface area contributed by atoms with Gasteiger partial charge in [-0.3, -0.25) is 4.79 Å². The van der Waals surface area contributed by atoms with Gasteiger partial charge >= 0.3 is 0 Å². The lowest BCUT2D eigenvalue weighted by atomic mass is 9.80. The van der Waals surface area contributed by atoms with E-state index in [2.05, 4.69) is 0 Å². The second kappa shape index (κ2) is 5.48. The molecule has 5 nitrogen and oxygen atoms in total. The zero-order chi connectivity index (χ0) is 14.0. The molecule has 0 saturated heterocycles. The van der Waals surface area contributed by atoms with Crippen molar-refractivity contribution in [1.82, 2.24) is 0 Å². The molecular formula is C14H20N2O3. The molecule has 1 aliphatic carbocycles. The third-order valence-corrected chi connectivity index (χ3v) is 3.60. The molecule has 2 rings (SSSR count). The zero-order valence-corrected chi connectivity index (χ0v) is 11.6. The highest BCUT2D eigenvalue weighted by atomic mass is 16.5. The molecule has 1 aromatic rings. The van der Waals surface area contributed by atoms with Gasteiger partial charge in [0.05, 0.1) is 19.9 Å². The normalized spacial score (nSPS) is 21.5. The van der Waals surface area contributed by atoms with Crippen molar-refractivity contribution in [3.63, 3.8) is 0 Å². The van der Waals surface area contributed by atoms with Gasteiger partial charge in [-0.1, -0.05) is 0 Å². The van der Waals surface area contributed by atoms with Gasteiger partial charge in [0.1, 0.15) is 11.5 Å². The van der Waals surface area contributed by atoms with Crippen molar-refractivity contribution in [3.8, 4) is 11.5 Å². The summed E-state index contributed by atoms with van der Waals surface area (Å²) < 4.78 is 10.5. The van der Waals surface area contributed by atoms with Gasteiger partial charge in [0.2, 0.25) is 5.91 Å². The first-order chi connectivity index (χ1) is 9.06. The summed E-state index contributed by atoms with van der Waals surface area (Å²) in [6.07, 6.45) is 1.52. The quantitative estimate of drug-likeness (QED) is 0.893. The van der Waals surface area contributed by atoms with E-state index in [0.29, 0.717) is 17.2 Å². The number of nitrogens with zero attached hydrogens (tertiary/aromatic N) is 1. The van der Waals surface area contributed by atoms with Gasteiger partial charge in [0.15, 0.2) is 0 Å². The number of methoxy groups -OCH3 is 2. The molecule has 0 heterocycles. The predicted octanol–water partition coefficient (Wildman–Crippen LogP) is 1.40. The summed E-state index contributed by atoms with van der Waals surface area (Å²) in [7, 11) is 4.94. The van der Waals surface area contributed by atoms with Gasteiger partial charge in [0.25, 0.3) is 0 Å². The van der Waals surface area contributed by atoms with Crippen molar-refractivity contribution in [2.24, 2.45) is 11.7 Å². The predicted molar refractivity (Wildman–Crippen MR) is 73.7 cm³/mol. The number of hydrogen-bond acceptors (Lipinski definition) is 4. The number of rotatable bonds is 4. The van der Waals surface area contributed by atoms with Gasteiger partial charge in [0, 0.05) is 25.1 Å². The van der Waals surface area contributed by atoms with Gasteiger partial charge in [-0.25, -0.2) is 0 Å². The average Bonchev–Trinajstić information content (AvgIpc) is 2.41. The monoisotopic (exact) mass is 264 g/mol. The fourth-order valence-corrected chi connectivity index (χ4v) is 2.31. The number of ether oxygens (including phenoxy) is 2. The fourth-order valence-electron chi connectivity index (χ4n) is 2.31. The van der Waals surface area contributed by atoms with Crippen LogP contribution in [0.15, 0.2) is 18.2 Å². The van der Waals surface area contributed by atoms with Crippen LogP contribution in [0.3, 0.4) is 0 Å². The lowest BCUT2D eigenvalue weighted by Gasteiger charge is -2.34. The van der Waals surface area contributed by atoms with Gasteiger partial charge in [-0.05, 0) is 25.0 Å². The van der Waals surface area contributed by atoms with Crippen LogP contribution in [-0.2, 0) is 4.79 Å². The van der Waals surface area contributed by atoms with E-state index in [1.165, 1.54) is 0 Å². The van der Waals surface area contributed by atoms with Crippen molar-refractivity contribution in [2.45, 2.75) is 18.9 Å². The Kier molecular flexibility index (Phi) is 3.95. The molecule has 1 aromatic carbocycles. The Morgan fingerprint density at radius 2 is 2.00 bits per heavy atom. The Hall–Kier alpha value is -1.75. The smallest absolute Gasteiger partial charge is 0.230 e. The maximum atomic E-state index is 12.3. The van der Waals surface area contributed by atoms with E-state index in [1.54, 1.807) is 44.4 Å². The molecule has 0 aromatic heterocycles. The summed E-state index contributed by atoms with van der Waals surface area (Å²) in [5.41, 5.74) is 6.45. The van der Waals surface area contributed by atoms with Gasteiger partial charge in [-0.2, -0.15) is 0 Å². The molecule has 0 radical (unpaired) electrons. The third kappa shape index (κ3) is 2.66. The minimum Gasteiger partial charge on any atom is -0.497 e. The maximum Gasteiger partial charge on any atom is 0.230 e. The Morgan fingerprint density at radius 3 is 2.53 bits per heavy atom. The average molecular weight is 264 g/mol. The van der Waals surface area contributed by atoms with E-state index in [4.69, 9.17) is 15.2 Å². The minimum atomic E-state index is 0.0240. The highest BCUT2D eigenvalue weighted by Gasteiger charge is 2.34. The number of amides is 1. The molecule has 1 fully saturated rings. The molecule has 1 amide bonds. The highest BCUT2D eigenvalue weighted by molar-refractivity contribution is 5.96. The number of nitrogens with two attached hydrogens (primary N) is 1. The summed E-state index contributed by atoms with van der Waals surface area (Å²) in [6, 6.07) is 5.56. The van der Waals surface area contributed by atoms with Crippen LogP contribution >= 0.6 is 0 Å². The van der Waals surface area contributed by atoms with Crippen LogP contribution < -0.4 is 20.1 Å². The fraction of sp³-hybridized carbons (Fsp3) is 0.500.